The van der Waals surface area contributed by atoms with Crippen LogP contribution >= 0.6 is 15.9 Å². The maximum atomic E-state index is 13.4. The predicted molar refractivity (Wildman–Crippen MR) is 138 cm³/mol. The van der Waals surface area contributed by atoms with Crippen molar-refractivity contribution in [3.63, 3.8) is 0 Å². The summed E-state index contributed by atoms with van der Waals surface area (Å²) in [6.07, 6.45) is 0.356. The molecule has 1 aromatic heterocycles. The molecule has 5 rings (SSSR count). The van der Waals surface area contributed by atoms with E-state index >= 15 is 0 Å². The Morgan fingerprint density at radius 3 is 2.50 bits per heavy atom. The molecule has 0 aliphatic carbocycles. The Kier molecular flexibility index (Phi) is 6.20. The lowest BCUT2D eigenvalue weighted by atomic mass is 10.1. The minimum Gasteiger partial charge on any atom is -0.318 e. The van der Waals surface area contributed by atoms with Gasteiger partial charge in [-0.05, 0) is 59.3 Å². The molecule has 172 valence electrons. The van der Waals surface area contributed by atoms with Crippen molar-refractivity contribution in [2.45, 2.75) is 25.8 Å². The van der Waals surface area contributed by atoms with Gasteiger partial charge in [-0.2, -0.15) is 0 Å². The van der Waals surface area contributed by atoms with E-state index in [-0.39, 0.29) is 24.3 Å². The SMILES string of the molecule is CCN(C(=O)Cn1c(C2CC(=O)N(c3ccccc3Br)C2)nc2ccccc21)c1ccccc1. The number of nitrogens with zero attached hydrogens (tertiary/aromatic N) is 4. The Labute approximate surface area is 206 Å². The summed E-state index contributed by atoms with van der Waals surface area (Å²) in [5.74, 6) is 0.722. The van der Waals surface area contributed by atoms with Gasteiger partial charge in [-0.1, -0.05) is 42.5 Å². The number of rotatable bonds is 6. The highest BCUT2D eigenvalue weighted by Crippen LogP contribution is 2.36. The van der Waals surface area contributed by atoms with Crippen LogP contribution in [0, 0.1) is 0 Å². The lowest BCUT2D eigenvalue weighted by molar-refractivity contribution is -0.119. The molecule has 4 aromatic rings. The van der Waals surface area contributed by atoms with E-state index in [1.165, 1.54) is 0 Å². The monoisotopic (exact) mass is 516 g/mol. The van der Waals surface area contributed by atoms with Crippen LogP contribution < -0.4 is 9.80 Å². The van der Waals surface area contributed by atoms with E-state index in [2.05, 4.69) is 15.9 Å². The number of aromatic nitrogens is 2. The third-order valence-electron chi connectivity index (χ3n) is 6.30. The second-order valence-corrected chi connectivity index (χ2v) is 9.23. The predicted octanol–water partition coefficient (Wildman–Crippen LogP) is 5.37. The third kappa shape index (κ3) is 4.12. The van der Waals surface area contributed by atoms with Gasteiger partial charge in [-0.3, -0.25) is 9.59 Å². The zero-order valence-corrected chi connectivity index (χ0v) is 20.5. The van der Waals surface area contributed by atoms with Crippen LogP contribution in [-0.2, 0) is 16.1 Å². The van der Waals surface area contributed by atoms with Crippen molar-refractivity contribution >= 4 is 50.2 Å². The first-order valence-corrected chi connectivity index (χ1v) is 12.2. The van der Waals surface area contributed by atoms with Crippen LogP contribution in [0.2, 0.25) is 0 Å². The average Bonchev–Trinajstić information content (AvgIpc) is 3.41. The maximum Gasteiger partial charge on any atom is 0.246 e. The topological polar surface area (TPSA) is 58.4 Å². The molecular weight excluding hydrogens is 492 g/mol. The number of benzene rings is 3. The number of imidazole rings is 1. The van der Waals surface area contributed by atoms with Crippen LogP contribution in [0.25, 0.3) is 11.0 Å². The number of carbonyl (C=O) groups is 2. The first kappa shape index (κ1) is 22.3. The van der Waals surface area contributed by atoms with Crippen molar-refractivity contribution in [3.8, 4) is 0 Å². The quantitative estimate of drug-likeness (QED) is 0.346. The zero-order chi connectivity index (χ0) is 23.7. The fourth-order valence-corrected chi connectivity index (χ4v) is 5.19. The Morgan fingerprint density at radius 2 is 1.74 bits per heavy atom. The van der Waals surface area contributed by atoms with Crippen LogP contribution in [0.4, 0.5) is 11.4 Å². The Morgan fingerprint density at radius 1 is 1.03 bits per heavy atom. The molecule has 6 nitrogen and oxygen atoms in total. The van der Waals surface area contributed by atoms with E-state index in [9.17, 15) is 9.59 Å². The molecule has 7 heteroatoms. The molecular formula is C27H25BrN4O2. The van der Waals surface area contributed by atoms with E-state index in [1.807, 2.05) is 95.3 Å². The molecule has 0 bridgehead atoms. The standard InChI is InChI=1S/C27H25BrN4O2/c1-2-30(20-10-4-3-5-11-20)26(34)18-32-24-15-9-7-13-22(24)29-27(32)19-16-25(33)31(17-19)23-14-8-6-12-21(23)28/h3-15,19H,2,16-18H2,1H3. The van der Waals surface area contributed by atoms with Crippen molar-refractivity contribution in [1.29, 1.82) is 0 Å². The summed E-state index contributed by atoms with van der Waals surface area (Å²) < 4.78 is 2.87. The number of halogens is 1. The average molecular weight is 517 g/mol. The second kappa shape index (κ2) is 9.43. The molecule has 1 saturated heterocycles. The molecule has 0 saturated carbocycles. The molecule has 1 fully saturated rings. The van der Waals surface area contributed by atoms with E-state index in [4.69, 9.17) is 4.98 Å². The molecule has 0 spiro atoms. The zero-order valence-electron chi connectivity index (χ0n) is 18.9. The second-order valence-electron chi connectivity index (χ2n) is 8.38. The minimum atomic E-state index is -0.105. The van der Waals surface area contributed by atoms with Crippen LogP contribution in [0.3, 0.4) is 0 Å². The number of hydrogen-bond acceptors (Lipinski definition) is 3. The Bertz CT molecular complexity index is 1350. The summed E-state index contributed by atoms with van der Waals surface area (Å²) in [4.78, 5) is 34.9. The van der Waals surface area contributed by atoms with Crippen LogP contribution in [0.1, 0.15) is 25.1 Å². The number of fused-ring (bicyclic) bond motifs is 1. The smallest absolute Gasteiger partial charge is 0.246 e. The van der Waals surface area contributed by atoms with Gasteiger partial charge < -0.3 is 14.4 Å². The van der Waals surface area contributed by atoms with Crippen molar-refractivity contribution < 1.29 is 9.59 Å². The number of amides is 2. The van der Waals surface area contributed by atoms with Crippen molar-refractivity contribution in [2.24, 2.45) is 0 Å². The molecule has 2 heterocycles. The van der Waals surface area contributed by atoms with Crippen LogP contribution in [0.5, 0.6) is 0 Å². The number of hydrogen-bond donors (Lipinski definition) is 0. The van der Waals surface area contributed by atoms with Gasteiger partial charge in [-0.25, -0.2) is 4.98 Å². The molecule has 1 unspecified atom stereocenters. The molecule has 2 amide bonds. The normalized spacial score (nSPS) is 15.8. The van der Waals surface area contributed by atoms with Gasteiger partial charge in [0.2, 0.25) is 11.8 Å². The van der Waals surface area contributed by atoms with E-state index in [1.54, 1.807) is 4.90 Å². The van der Waals surface area contributed by atoms with Crippen molar-refractivity contribution in [3.05, 3.63) is 89.2 Å². The molecule has 1 aliphatic heterocycles. The number of carbonyl (C=O) groups excluding carboxylic acids is 2. The summed E-state index contributed by atoms with van der Waals surface area (Å²) in [5, 5.41) is 0. The number of likely N-dealkylation sites (N-methyl/N-ethyl adjacent to an activating group) is 1. The number of para-hydroxylation sites is 4. The summed E-state index contributed by atoms with van der Waals surface area (Å²) in [6, 6.07) is 25.3. The van der Waals surface area contributed by atoms with Gasteiger partial charge in [0.25, 0.3) is 0 Å². The van der Waals surface area contributed by atoms with E-state index < -0.39 is 0 Å². The van der Waals surface area contributed by atoms with Gasteiger partial charge >= 0.3 is 0 Å². The lowest BCUT2D eigenvalue weighted by Gasteiger charge is -2.23. The van der Waals surface area contributed by atoms with Gasteiger partial charge in [0.15, 0.2) is 0 Å². The summed E-state index contributed by atoms with van der Waals surface area (Å²) >= 11 is 3.57. The largest absolute Gasteiger partial charge is 0.318 e. The fraction of sp³-hybridized carbons (Fsp3) is 0.222. The van der Waals surface area contributed by atoms with Gasteiger partial charge in [0.1, 0.15) is 12.4 Å². The lowest BCUT2D eigenvalue weighted by Crippen LogP contribution is -2.34. The maximum absolute atomic E-state index is 13.4. The molecule has 3 aromatic carbocycles. The van der Waals surface area contributed by atoms with Gasteiger partial charge in [-0.15, -0.1) is 0 Å². The van der Waals surface area contributed by atoms with Crippen molar-refractivity contribution in [1.82, 2.24) is 9.55 Å². The molecule has 0 radical (unpaired) electrons. The molecule has 1 atom stereocenters. The molecule has 0 N–H and O–H groups in total. The van der Waals surface area contributed by atoms with Crippen LogP contribution in [0.15, 0.2) is 83.3 Å². The van der Waals surface area contributed by atoms with E-state index in [0.717, 1.165) is 32.7 Å². The fourth-order valence-electron chi connectivity index (χ4n) is 4.69. The Hall–Kier alpha value is -3.45. The van der Waals surface area contributed by atoms with Crippen LogP contribution in [-0.4, -0.2) is 34.5 Å². The molecule has 1 aliphatic rings. The first-order chi connectivity index (χ1) is 16.6. The van der Waals surface area contributed by atoms with Crippen molar-refractivity contribution in [2.75, 3.05) is 22.9 Å². The highest BCUT2D eigenvalue weighted by atomic mass is 79.9. The first-order valence-electron chi connectivity index (χ1n) is 11.4. The highest BCUT2D eigenvalue weighted by Gasteiger charge is 2.36. The molecule has 34 heavy (non-hydrogen) atoms. The van der Waals surface area contributed by atoms with Gasteiger partial charge in [0.05, 0.1) is 16.7 Å². The van der Waals surface area contributed by atoms with Gasteiger partial charge in [0, 0.05) is 35.6 Å². The third-order valence-corrected chi connectivity index (χ3v) is 6.97. The summed E-state index contributed by atoms with van der Waals surface area (Å²) in [5.41, 5.74) is 3.47. The number of anilines is 2. The van der Waals surface area contributed by atoms with E-state index in [0.29, 0.717) is 19.5 Å². The summed E-state index contributed by atoms with van der Waals surface area (Å²) in [6.45, 7) is 3.24. The summed E-state index contributed by atoms with van der Waals surface area (Å²) in [7, 11) is 0. The minimum absolute atomic E-state index is 0.00918. The highest BCUT2D eigenvalue weighted by molar-refractivity contribution is 9.10. The Balaban J connectivity index is 1.49.